The van der Waals surface area contributed by atoms with Gasteiger partial charge in [0.15, 0.2) is 0 Å². The molecular weight excluding hydrogens is 328 g/mol. The largest absolute Gasteiger partial charge is 0.492 e. The van der Waals surface area contributed by atoms with Crippen LogP contribution in [0.2, 0.25) is 5.02 Å². The first kappa shape index (κ1) is 17.8. The molecule has 0 heterocycles. The summed E-state index contributed by atoms with van der Waals surface area (Å²) in [4.78, 5) is 23.7. The number of hydrogen-bond acceptors (Lipinski definition) is 3. The lowest BCUT2D eigenvalue weighted by atomic mass is 10.1. The van der Waals surface area contributed by atoms with Crippen molar-refractivity contribution in [3.63, 3.8) is 0 Å². The zero-order valence-electron chi connectivity index (χ0n) is 13.3. The van der Waals surface area contributed by atoms with Crippen LogP contribution in [-0.2, 0) is 4.79 Å². The van der Waals surface area contributed by atoms with Gasteiger partial charge >= 0.3 is 0 Å². The Hall–Kier alpha value is -2.53. The molecule has 126 valence electrons. The summed E-state index contributed by atoms with van der Waals surface area (Å²) in [6.45, 7) is 2.46. The highest BCUT2D eigenvalue weighted by Crippen LogP contribution is 2.15. The molecule has 0 aliphatic rings. The lowest BCUT2D eigenvalue weighted by Crippen LogP contribution is -2.38. The van der Waals surface area contributed by atoms with Crippen LogP contribution in [0.25, 0.3) is 0 Å². The van der Waals surface area contributed by atoms with E-state index in [-0.39, 0.29) is 18.4 Å². The maximum atomic E-state index is 12.0. The van der Waals surface area contributed by atoms with Crippen LogP contribution in [0.1, 0.15) is 15.9 Å². The molecule has 2 N–H and O–H groups in total. The summed E-state index contributed by atoms with van der Waals surface area (Å²) in [5.41, 5.74) is 1.43. The van der Waals surface area contributed by atoms with E-state index in [2.05, 4.69) is 10.6 Å². The number of halogens is 1. The van der Waals surface area contributed by atoms with Crippen molar-refractivity contribution in [3.05, 3.63) is 64.7 Å². The molecular formula is C18H19ClN2O3. The van der Waals surface area contributed by atoms with E-state index in [0.717, 1.165) is 5.56 Å². The Balaban J connectivity index is 1.65. The molecule has 5 nitrogen and oxygen atoms in total. The molecule has 0 atom stereocenters. The molecule has 0 aliphatic carbocycles. The van der Waals surface area contributed by atoms with Gasteiger partial charge < -0.3 is 15.4 Å². The molecule has 2 aromatic carbocycles. The summed E-state index contributed by atoms with van der Waals surface area (Å²) in [7, 11) is 0. The highest BCUT2D eigenvalue weighted by Gasteiger charge is 2.09. The maximum Gasteiger partial charge on any atom is 0.251 e. The Labute approximate surface area is 146 Å². The van der Waals surface area contributed by atoms with E-state index in [1.165, 1.54) is 0 Å². The minimum Gasteiger partial charge on any atom is -0.492 e. The van der Waals surface area contributed by atoms with Gasteiger partial charge in [0.1, 0.15) is 12.4 Å². The van der Waals surface area contributed by atoms with Crippen molar-refractivity contribution in [3.8, 4) is 5.75 Å². The molecule has 0 saturated carbocycles. The first-order valence-corrected chi connectivity index (χ1v) is 7.93. The third-order valence-corrected chi connectivity index (χ3v) is 3.56. The first-order valence-electron chi connectivity index (χ1n) is 7.55. The Bertz CT molecular complexity index is 702. The topological polar surface area (TPSA) is 67.4 Å². The second kappa shape index (κ2) is 8.93. The minimum absolute atomic E-state index is 0.0753. The van der Waals surface area contributed by atoms with Gasteiger partial charge in [-0.15, -0.1) is 0 Å². The number of ether oxygens (including phenoxy) is 1. The summed E-state index contributed by atoms with van der Waals surface area (Å²) in [6, 6.07) is 14.2. The first-order chi connectivity index (χ1) is 11.6. The predicted octanol–water partition coefficient (Wildman–Crippen LogP) is 2.57. The second-order valence-corrected chi connectivity index (χ2v) is 5.59. The third-order valence-electron chi connectivity index (χ3n) is 3.31. The van der Waals surface area contributed by atoms with Crippen LogP contribution in [0.15, 0.2) is 48.5 Å². The van der Waals surface area contributed by atoms with Gasteiger partial charge in [0.2, 0.25) is 5.91 Å². The van der Waals surface area contributed by atoms with Crippen LogP contribution in [0, 0.1) is 6.92 Å². The lowest BCUT2D eigenvalue weighted by Gasteiger charge is -2.09. The number of carbonyl (C=O) groups excluding carboxylic acids is 2. The summed E-state index contributed by atoms with van der Waals surface area (Å²) < 4.78 is 5.46. The summed E-state index contributed by atoms with van der Waals surface area (Å²) in [5, 5.41) is 5.92. The van der Waals surface area contributed by atoms with E-state index in [0.29, 0.717) is 29.5 Å². The van der Waals surface area contributed by atoms with E-state index in [1.807, 2.05) is 19.1 Å². The number of benzene rings is 2. The normalized spacial score (nSPS) is 10.1. The average molecular weight is 347 g/mol. The van der Waals surface area contributed by atoms with Crippen molar-refractivity contribution in [2.24, 2.45) is 0 Å². The van der Waals surface area contributed by atoms with Crippen LogP contribution < -0.4 is 15.4 Å². The van der Waals surface area contributed by atoms with Gasteiger partial charge in [-0.1, -0.05) is 29.8 Å². The molecule has 0 bridgehead atoms. The molecule has 2 amide bonds. The standard InChI is InChI=1S/C18H19ClN2O3/c1-13-4-2-3-5-16(13)18(23)21-12-17(22)20-10-11-24-15-8-6-14(19)7-9-15/h2-9H,10-12H2,1H3,(H,20,22)(H,21,23). The van der Waals surface area contributed by atoms with Crippen molar-refractivity contribution < 1.29 is 14.3 Å². The van der Waals surface area contributed by atoms with Crippen molar-refractivity contribution in [1.82, 2.24) is 10.6 Å². The molecule has 6 heteroatoms. The van der Waals surface area contributed by atoms with Crippen LogP contribution in [0.4, 0.5) is 0 Å². The number of aryl methyl sites for hydroxylation is 1. The smallest absolute Gasteiger partial charge is 0.251 e. The fourth-order valence-corrected chi connectivity index (χ4v) is 2.16. The summed E-state index contributed by atoms with van der Waals surface area (Å²) >= 11 is 5.78. The van der Waals surface area contributed by atoms with Crippen molar-refractivity contribution in [2.75, 3.05) is 19.7 Å². The van der Waals surface area contributed by atoms with Crippen LogP contribution >= 0.6 is 11.6 Å². The maximum absolute atomic E-state index is 12.0. The highest BCUT2D eigenvalue weighted by molar-refractivity contribution is 6.30. The van der Waals surface area contributed by atoms with Crippen molar-refractivity contribution in [1.29, 1.82) is 0 Å². The highest BCUT2D eigenvalue weighted by atomic mass is 35.5. The van der Waals surface area contributed by atoms with E-state index < -0.39 is 0 Å². The molecule has 0 saturated heterocycles. The van der Waals surface area contributed by atoms with Crippen molar-refractivity contribution >= 4 is 23.4 Å². The van der Waals surface area contributed by atoms with E-state index >= 15 is 0 Å². The second-order valence-electron chi connectivity index (χ2n) is 5.15. The number of rotatable bonds is 7. The minimum atomic E-state index is -0.267. The van der Waals surface area contributed by atoms with Gasteiger partial charge in [0.05, 0.1) is 13.1 Å². The summed E-state index contributed by atoms with van der Waals surface area (Å²) in [5.74, 6) is 0.152. The van der Waals surface area contributed by atoms with Gasteiger partial charge in [-0.25, -0.2) is 0 Å². The van der Waals surface area contributed by atoms with E-state index in [4.69, 9.17) is 16.3 Å². The number of hydrogen-bond donors (Lipinski definition) is 2. The predicted molar refractivity (Wildman–Crippen MR) is 93.5 cm³/mol. The quantitative estimate of drug-likeness (QED) is 0.757. The van der Waals surface area contributed by atoms with Crippen molar-refractivity contribution in [2.45, 2.75) is 6.92 Å². The van der Waals surface area contributed by atoms with Gasteiger partial charge in [-0.05, 0) is 42.8 Å². The SMILES string of the molecule is Cc1ccccc1C(=O)NCC(=O)NCCOc1ccc(Cl)cc1. The Morgan fingerprint density at radius 1 is 1.04 bits per heavy atom. The van der Waals surface area contributed by atoms with Gasteiger partial charge in [-0.3, -0.25) is 9.59 Å². The fourth-order valence-electron chi connectivity index (χ4n) is 2.04. The lowest BCUT2D eigenvalue weighted by molar-refractivity contribution is -0.120. The molecule has 2 rings (SSSR count). The Morgan fingerprint density at radius 2 is 1.75 bits per heavy atom. The van der Waals surface area contributed by atoms with Crippen LogP contribution in [0.5, 0.6) is 5.75 Å². The average Bonchev–Trinajstić information content (AvgIpc) is 2.58. The third kappa shape index (κ3) is 5.59. The number of nitrogens with one attached hydrogen (secondary N) is 2. The Morgan fingerprint density at radius 3 is 2.46 bits per heavy atom. The molecule has 0 unspecified atom stereocenters. The van der Waals surface area contributed by atoms with E-state index in [9.17, 15) is 9.59 Å². The molecule has 0 aliphatic heterocycles. The van der Waals surface area contributed by atoms with Crippen LogP contribution in [-0.4, -0.2) is 31.5 Å². The molecule has 2 aromatic rings. The van der Waals surface area contributed by atoms with E-state index in [1.54, 1.807) is 36.4 Å². The number of carbonyl (C=O) groups is 2. The van der Waals surface area contributed by atoms with Gasteiger partial charge in [0.25, 0.3) is 5.91 Å². The molecule has 0 spiro atoms. The zero-order chi connectivity index (χ0) is 17.4. The monoisotopic (exact) mass is 346 g/mol. The Kier molecular flexibility index (Phi) is 6.63. The molecule has 0 fully saturated rings. The molecule has 0 aromatic heterocycles. The fraction of sp³-hybridized carbons (Fsp3) is 0.222. The summed E-state index contributed by atoms with van der Waals surface area (Å²) in [6.07, 6.45) is 0. The van der Waals surface area contributed by atoms with Crippen LogP contribution in [0.3, 0.4) is 0 Å². The van der Waals surface area contributed by atoms with Gasteiger partial charge in [0, 0.05) is 10.6 Å². The zero-order valence-corrected chi connectivity index (χ0v) is 14.1. The number of amides is 2. The molecule has 0 radical (unpaired) electrons. The van der Waals surface area contributed by atoms with Gasteiger partial charge in [-0.2, -0.15) is 0 Å². The molecule has 24 heavy (non-hydrogen) atoms.